The van der Waals surface area contributed by atoms with Crippen molar-refractivity contribution in [2.75, 3.05) is 12.4 Å². The number of carbonyl (C=O) groups is 1. The Kier molecular flexibility index (Phi) is 7.00. The Morgan fingerprint density at radius 1 is 1.15 bits per heavy atom. The molecule has 33 heavy (non-hydrogen) atoms. The minimum absolute atomic E-state index is 0.130. The summed E-state index contributed by atoms with van der Waals surface area (Å²) in [6.45, 7) is 4.74. The van der Waals surface area contributed by atoms with Gasteiger partial charge < -0.3 is 10.1 Å². The van der Waals surface area contributed by atoms with E-state index in [1.165, 1.54) is 16.9 Å². The number of thiazole rings is 1. The normalized spacial score (nSPS) is 11.0. The lowest BCUT2D eigenvalue weighted by molar-refractivity contribution is -0.116. The Labute approximate surface area is 201 Å². The molecule has 0 aliphatic heterocycles. The van der Waals surface area contributed by atoms with Gasteiger partial charge in [0, 0.05) is 29.5 Å². The predicted octanol–water partition coefficient (Wildman–Crippen LogP) is 5.89. The number of rotatable bonds is 8. The second-order valence-corrected chi connectivity index (χ2v) is 9.09. The van der Waals surface area contributed by atoms with E-state index in [2.05, 4.69) is 58.6 Å². The van der Waals surface area contributed by atoms with E-state index in [0.717, 1.165) is 22.6 Å². The SMILES string of the molecule is COc1ccc(-c2n[nH]c(=S)n2CCC(=O)Nc2nc(-c3ccc(C(C)C)cc3)cs2)cc1. The minimum Gasteiger partial charge on any atom is -0.497 e. The average Bonchev–Trinajstić information content (AvgIpc) is 3.44. The van der Waals surface area contributed by atoms with Gasteiger partial charge in [-0.05, 0) is 48.0 Å². The van der Waals surface area contributed by atoms with Crippen LogP contribution in [0.3, 0.4) is 0 Å². The fraction of sp³-hybridized carbons (Fsp3) is 0.250. The number of methoxy groups -OCH3 is 1. The first kappa shape index (κ1) is 22.9. The van der Waals surface area contributed by atoms with E-state index in [1.807, 2.05) is 34.2 Å². The highest BCUT2D eigenvalue weighted by Crippen LogP contribution is 2.27. The maximum absolute atomic E-state index is 12.6. The molecule has 0 fully saturated rings. The zero-order chi connectivity index (χ0) is 23.4. The number of ether oxygens (including phenoxy) is 1. The van der Waals surface area contributed by atoms with Gasteiger partial charge in [0.1, 0.15) is 5.75 Å². The maximum atomic E-state index is 12.6. The van der Waals surface area contributed by atoms with E-state index in [-0.39, 0.29) is 12.3 Å². The Bertz CT molecular complexity index is 1290. The molecular formula is C24H25N5O2S2. The molecule has 4 rings (SSSR count). The molecule has 4 aromatic rings. The van der Waals surface area contributed by atoms with Crippen molar-refractivity contribution >= 4 is 34.6 Å². The molecule has 170 valence electrons. The molecule has 2 aromatic carbocycles. The van der Waals surface area contributed by atoms with Crippen molar-refractivity contribution in [3.63, 3.8) is 0 Å². The van der Waals surface area contributed by atoms with Crippen molar-refractivity contribution < 1.29 is 9.53 Å². The van der Waals surface area contributed by atoms with E-state index in [9.17, 15) is 4.79 Å². The van der Waals surface area contributed by atoms with Crippen molar-refractivity contribution in [3.05, 3.63) is 64.2 Å². The standard InChI is InChI=1S/C24H25N5O2S2/c1-15(2)16-4-6-17(7-5-16)20-14-33-23(25-20)26-21(30)12-13-29-22(27-28-24(29)32)18-8-10-19(31-3)11-9-18/h4-11,14-15H,12-13H2,1-3H3,(H,28,32)(H,25,26,30). The van der Waals surface area contributed by atoms with Gasteiger partial charge in [0.2, 0.25) is 5.91 Å². The molecule has 2 aromatic heterocycles. The lowest BCUT2D eigenvalue weighted by atomic mass is 10.0. The molecule has 1 amide bonds. The van der Waals surface area contributed by atoms with Gasteiger partial charge in [-0.2, -0.15) is 5.10 Å². The number of anilines is 1. The molecule has 0 unspecified atom stereocenters. The third-order valence-corrected chi connectivity index (χ3v) is 6.36. The van der Waals surface area contributed by atoms with Crippen molar-refractivity contribution in [1.82, 2.24) is 19.7 Å². The Hall–Kier alpha value is -3.30. The number of carbonyl (C=O) groups excluding carboxylic acids is 1. The molecule has 0 aliphatic rings. The largest absolute Gasteiger partial charge is 0.497 e. The fourth-order valence-electron chi connectivity index (χ4n) is 3.38. The molecule has 0 saturated carbocycles. The van der Waals surface area contributed by atoms with Gasteiger partial charge in [-0.15, -0.1) is 11.3 Å². The van der Waals surface area contributed by atoms with Crippen LogP contribution >= 0.6 is 23.6 Å². The first-order chi connectivity index (χ1) is 15.9. The Balaban J connectivity index is 1.39. The quantitative estimate of drug-likeness (QED) is 0.308. The number of aromatic nitrogens is 4. The van der Waals surface area contributed by atoms with Crippen LogP contribution in [0.15, 0.2) is 53.9 Å². The number of aromatic amines is 1. The van der Waals surface area contributed by atoms with Crippen LogP contribution in [0.1, 0.15) is 31.7 Å². The Morgan fingerprint density at radius 2 is 1.85 bits per heavy atom. The fourth-order valence-corrected chi connectivity index (χ4v) is 4.34. The van der Waals surface area contributed by atoms with Gasteiger partial charge in [-0.1, -0.05) is 38.1 Å². The summed E-state index contributed by atoms with van der Waals surface area (Å²) in [6.07, 6.45) is 0.245. The number of nitrogens with zero attached hydrogens (tertiary/aromatic N) is 3. The third kappa shape index (κ3) is 5.37. The molecule has 0 saturated heterocycles. The highest BCUT2D eigenvalue weighted by Gasteiger charge is 2.13. The monoisotopic (exact) mass is 479 g/mol. The lowest BCUT2D eigenvalue weighted by Crippen LogP contribution is -2.15. The lowest BCUT2D eigenvalue weighted by Gasteiger charge is -2.08. The summed E-state index contributed by atoms with van der Waals surface area (Å²) >= 11 is 6.78. The highest BCUT2D eigenvalue weighted by molar-refractivity contribution is 7.71. The van der Waals surface area contributed by atoms with E-state index >= 15 is 0 Å². The van der Waals surface area contributed by atoms with Gasteiger partial charge in [0.25, 0.3) is 0 Å². The van der Waals surface area contributed by atoms with Crippen LogP contribution in [0.2, 0.25) is 0 Å². The number of hydrogen-bond donors (Lipinski definition) is 2. The second-order valence-electron chi connectivity index (χ2n) is 7.85. The topological polar surface area (TPSA) is 84.8 Å². The summed E-state index contributed by atoms with van der Waals surface area (Å²) in [5, 5.41) is 12.6. The van der Waals surface area contributed by atoms with Crippen molar-refractivity contribution in [3.8, 4) is 28.4 Å². The highest BCUT2D eigenvalue weighted by atomic mass is 32.1. The van der Waals surface area contributed by atoms with Crippen LogP contribution in [0.4, 0.5) is 5.13 Å². The summed E-state index contributed by atoms with van der Waals surface area (Å²) in [5.74, 6) is 1.79. The van der Waals surface area contributed by atoms with Crippen LogP contribution in [0.25, 0.3) is 22.6 Å². The van der Waals surface area contributed by atoms with E-state index in [1.54, 1.807) is 7.11 Å². The summed E-state index contributed by atoms with van der Waals surface area (Å²) in [7, 11) is 1.62. The van der Waals surface area contributed by atoms with E-state index in [0.29, 0.717) is 28.2 Å². The van der Waals surface area contributed by atoms with Crippen LogP contribution in [0, 0.1) is 4.77 Å². The zero-order valence-electron chi connectivity index (χ0n) is 18.7. The van der Waals surface area contributed by atoms with Gasteiger partial charge >= 0.3 is 0 Å². The number of amides is 1. The summed E-state index contributed by atoms with van der Waals surface area (Å²) in [6, 6.07) is 15.9. The number of hydrogen-bond acceptors (Lipinski definition) is 6. The molecule has 0 radical (unpaired) electrons. The zero-order valence-corrected chi connectivity index (χ0v) is 20.3. The maximum Gasteiger partial charge on any atom is 0.227 e. The third-order valence-electron chi connectivity index (χ3n) is 5.29. The number of nitrogens with one attached hydrogen (secondary N) is 2. The van der Waals surface area contributed by atoms with Gasteiger partial charge in [-0.25, -0.2) is 4.98 Å². The number of benzene rings is 2. The van der Waals surface area contributed by atoms with Crippen molar-refractivity contribution in [2.24, 2.45) is 0 Å². The van der Waals surface area contributed by atoms with Crippen LogP contribution in [0.5, 0.6) is 5.75 Å². The second kappa shape index (κ2) is 10.1. The molecule has 0 spiro atoms. The predicted molar refractivity (Wildman–Crippen MR) is 134 cm³/mol. The molecule has 0 atom stereocenters. The van der Waals surface area contributed by atoms with Crippen molar-refractivity contribution in [2.45, 2.75) is 32.7 Å². The van der Waals surface area contributed by atoms with Crippen molar-refractivity contribution in [1.29, 1.82) is 0 Å². The molecule has 7 nitrogen and oxygen atoms in total. The van der Waals surface area contributed by atoms with Crippen LogP contribution in [-0.4, -0.2) is 32.8 Å². The molecule has 2 heterocycles. The summed E-state index contributed by atoms with van der Waals surface area (Å²) in [4.78, 5) is 17.1. The van der Waals surface area contributed by atoms with Crippen LogP contribution < -0.4 is 10.1 Å². The van der Waals surface area contributed by atoms with E-state index in [4.69, 9.17) is 17.0 Å². The molecule has 9 heteroatoms. The first-order valence-corrected chi connectivity index (χ1v) is 11.9. The smallest absolute Gasteiger partial charge is 0.227 e. The van der Waals surface area contributed by atoms with Gasteiger partial charge in [0.15, 0.2) is 15.7 Å². The molecule has 0 aliphatic carbocycles. The summed E-state index contributed by atoms with van der Waals surface area (Å²) in [5.41, 5.74) is 4.06. The Morgan fingerprint density at radius 3 is 2.52 bits per heavy atom. The van der Waals surface area contributed by atoms with Crippen LogP contribution in [-0.2, 0) is 11.3 Å². The first-order valence-electron chi connectivity index (χ1n) is 10.6. The molecule has 2 N–H and O–H groups in total. The number of H-pyrrole nitrogens is 1. The minimum atomic E-state index is -0.130. The van der Waals surface area contributed by atoms with Gasteiger partial charge in [0.05, 0.1) is 12.8 Å². The van der Waals surface area contributed by atoms with E-state index < -0.39 is 0 Å². The van der Waals surface area contributed by atoms with Gasteiger partial charge in [-0.3, -0.25) is 14.5 Å². The summed E-state index contributed by atoms with van der Waals surface area (Å²) < 4.78 is 7.49. The molecular weight excluding hydrogens is 454 g/mol. The molecule has 0 bridgehead atoms. The average molecular weight is 480 g/mol.